The van der Waals surface area contributed by atoms with Gasteiger partial charge < -0.3 is 18.9 Å². The van der Waals surface area contributed by atoms with Gasteiger partial charge in [0.2, 0.25) is 0 Å². The van der Waals surface area contributed by atoms with Crippen molar-refractivity contribution < 1.29 is 18.9 Å². The van der Waals surface area contributed by atoms with Gasteiger partial charge in [0, 0.05) is 0 Å². The van der Waals surface area contributed by atoms with Crippen molar-refractivity contribution in [1.82, 2.24) is 9.97 Å². The van der Waals surface area contributed by atoms with Gasteiger partial charge in [-0.15, -0.1) is 0 Å². The second-order valence-corrected chi connectivity index (χ2v) is 10.6. The molecule has 0 aliphatic carbocycles. The van der Waals surface area contributed by atoms with Gasteiger partial charge in [-0.3, -0.25) is 0 Å². The summed E-state index contributed by atoms with van der Waals surface area (Å²) in [5.74, 6) is 0. The van der Waals surface area contributed by atoms with Crippen molar-refractivity contribution in [3.8, 4) is 0 Å². The van der Waals surface area contributed by atoms with Crippen LogP contribution in [-0.4, -0.2) is 34.9 Å². The fourth-order valence-corrected chi connectivity index (χ4v) is 5.12. The van der Waals surface area contributed by atoms with Crippen LogP contribution in [0.4, 0.5) is 0 Å². The lowest BCUT2D eigenvalue weighted by molar-refractivity contribution is -0.0898. The molecule has 9 heteroatoms. The zero-order valence-electron chi connectivity index (χ0n) is 21.0. The van der Waals surface area contributed by atoms with Crippen LogP contribution in [0.2, 0.25) is 10.3 Å². The third-order valence-electron chi connectivity index (χ3n) is 6.34. The topological polar surface area (TPSA) is 62.7 Å². The Balaban J connectivity index is 1.42. The zero-order valence-corrected chi connectivity index (χ0v) is 24.1. The Morgan fingerprint density at radius 2 is 1.18 bits per heavy atom. The van der Waals surface area contributed by atoms with Crippen molar-refractivity contribution >= 4 is 39.1 Å². The summed E-state index contributed by atoms with van der Waals surface area (Å²) >= 11 is 16.0. The van der Waals surface area contributed by atoms with Gasteiger partial charge in [0.15, 0.2) is 10.3 Å². The van der Waals surface area contributed by atoms with Crippen LogP contribution in [-0.2, 0) is 38.8 Å². The van der Waals surface area contributed by atoms with E-state index >= 15 is 0 Å². The minimum Gasteiger partial charge on any atom is -0.374 e. The van der Waals surface area contributed by atoms with E-state index in [2.05, 4.69) is 25.9 Å². The van der Waals surface area contributed by atoms with Crippen molar-refractivity contribution in [3.63, 3.8) is 0 Å². The monoisotopic (exact) mass is 628 g/mol. The summed E-state index contributed by atoms with van der Waals surface area (Å²) in [6.07, 6.45) is -2.12. The molecule has 0 radical (unpaired) electrons. The van der Waals surface area contributed by atoms with E-state index in [0.29, 0.717) is 30.1 Å². The van der Waals surface area contributed by atoms with Crippen molar-refractivity contribution in [2.24, 2.45) is 0 Å². The SMILES string of the molecule is Clc1nc(Cl)c([C@@H]2O[C@H](COCc3ccccc3)[C@@H](OCc3ccccc3)[C@H]2OCc2ccccc2)nc1Br. The van der Waals surface area contributed by atoms with Crippen LogP contribution in [0.1, 0.15) is 28.5 Å². The Bertz CT molecular complexity index is 1340. The summed E-state index contributed by atoms with van der Waals surface area (Å²) in [4.78, 5) is 8.79. The number of aromatic nitrogens is 2. The van der Waals surface area contributed by atoms with E-state index < -0.39 is 24.4 Å². The quantitative estimate of drug-likeness (QED) is 0.173. The first-order valence-corrected chi connectivity index (χ1v) is 14.1. The highest BCUT2D eigenvalue weighted by Crippen LogP contribution is 2.40. The van der Waals surface area contributed by atoms with E-state index in [4.69, 9.17) is 42.1 Å². The molecule has 5 rings (SSSR count). The molecule has 0 saturated carbocycles. The maximum Gasteiger partial charge on any atom is 0.163 e. The Morgan fingerprint density at radius 1 is 0.667 bits per heavy atom. The Morgan fingerprint density at radius 3 is 1.74 bits per heavy atom. The Kier molecular flexibility index (Phi) is 9.98. The predicted octanol–water partition coefficient (Wildman–Crippen LogP) is 7.37. The molecule has 2 heterocycles. The standard InChI is InChI=1S/C30H27BrCl2N2O4/c31-28-30(33)35-29(32)24(34-28)26-27(38-18-22-14-8-3-9-15-22)25(37-17-21-12-6-2-7-13-21)23(39-26)19-36-16-20-10-4-1-5-11-20/h1-15,23,25-27H,16-19H2/t23-,25-,26+,27-/m1/s1. The maximum absolute atomic E-state index is 6.54. The van der Waals surface area contributed by atoms with Crippen LogP contribution >= 0.6 is 39.1 Å². The second-order valence-electron chi connectivity index (χ2n) is 9.10. The van der Waals surface area contributed by atoms with Gasteiger partial charge in [-0.05, 0) is 32.6 Å². The lowest BCUT2D eigenvalue weighted by Crippen LogP contribution is -2.38. The molecule has 0 bridgehead atoms. The fraction of sp³-hybridized carbons (Fsp3) is 0.267. The van der Waals surface area contributed by atoms with E-state index in [1.54, 1.807) is 0 Å². The largest absolute Gasteiger partial charge is 0.374 e. The lowest BCUT2D eigenvalue weighted by Gasteiger charge is -2.25. The smallest absolute Gasteiger partial charge is 0.163 e. The van der Waals surface area contributed by atoms with Gasteiger partial charge in [0.25, 0.3) is 0 Å². The fourth-order valence-electron chi connectivity index (χ4n) is 4.43. The molecule has 0 N–H and O–H groups in total. The summed E-state index contributed by atoms with van der Waals surface area (Å²) in [6, 6.07) is 29.9. The first-order chi connectivity index (χ1) is 19.1. The van der Waals surface area contributed by atoms with Crippen LogP contribution in [0.3, 0.4) is 0 Å². The first kappa shape index (κ1) is 28.2. The number of rotatable bonds is 11. The lowest BCUT2D eigenvalue weighted by atomic mass is 10.0. The van der Waals surface area contributed by atoms with Gasteiger partial charge in [-0.25, -0.2) is 9.97 Å². The van der Waals surface area contributed by atoms with Crippen molar-refractivity contribution in [3.05, 3.63) is 128 Å². The minimum absolute atomic E-state index is 0.147. The summed E-state index contributed by atoms with van der Waals surface area (Å²) in [5.41, 5.74) is 3.56. The minimum atomic E-state index is -0.659. The van der Waals surface area contributed by atoms with Crippen LogP contribution in [0.25, 0.3) is 0 Å². The van der Waals surface area contributed by atoms with Crippen LogP contribution in [0.15, 0.2) is 95.6 Å². The summed E-state index contributed by atoms with van der Waals surface area (Å²) < 4.78 is 26.0. The molecule has 1 aliphatic heterocycles. The molecule has 39 heavy (non-hydrogen) atoms. The van der Waals surface area contributed by atoms with E-state index in [-0.39, 0.29) is 16.9 Å². The third-order valence-corrected chi connectivity index (χ3v) is 7.66. The van der Waals surface area contributed by atoms with Gasteiger partial charge >= 0.3 is 0 Å². The number of hydrogen-bond acceptors (Lipinski definition) is 6. The van der Waals surface area contributed by atoms with Crippen LogP contribution in [0.5, 0.6) is 0 Å². The summed E-state index contributed by atoms with van der Waals surface area (Å²) in [7, 11) is 0. The maximum atomic E-state index is 6.54. The highest BCUT2D eigenvalue weighted by atomic mass is 79.9. The highest BCUT2D eigenvalue weighted by Gasteiger charge is 2.48. The number of benzene rings is 3. The normalized spacial score (nSPS) is 20.8. The molecule has 4 atom stereocenters. The van der Waals surface area contributed by atoms with Crippen molar-refractivity contribution in [2.75, 3.05) is 6.61 Å². The first-order valence-electron chi connectivity index (χ1n) is 12.5. The van der Waals surface area contributed by atoms with Gasteiger partial charge in [0.05, 0.1) is 26.4 Å². The van der Waals surface area contributed by atoms with E-state index in [1.807, 2.05) is 91.0 Å². The van der Waals surface area contributed by atoms with Crippen LogP contribution in [0, 0.1) is 0 Å². The number of hydrogen-bond donors (Lipinski definition) is 0. The molecule has 0 unspecified atom stereocenters. The summed E-state index contributed by atoms with van der Waals surface area (Å²) in [6.45, 7) is 1.47. The average molecular weight is 630 g/mol. The second kappa shape index (κ2) is 13.8. The molecule has 4 aromatic rings. The molecule has 1 aromatic heterocycles. The molecular formula is C30H27BrCl2N2O4. The molecule has 1 aliphatic rings. The number of ether oxygens (including phenoxy) is 4. The van der Waals surface area contributed by atoms with E-state index in [1.165, 1.54) is 0 Å². The molecule has 0 spiro atoms. The van der Waals surface area contributed by atoms with E-state index in [0.717, 1.165) is 16.7 Å². The van der Waals surface area contributed by atoms with Gasteiger partial charge in [-0.2, -0.15) is 0 Å². The molecule has 202 valence electrons. The molecule has 3 aromatic carbocycles. The third kappa shape index (κ3) is 7.44. The molecule has 0 amide bonds. The van der Waals surface area contributed by atoms with Gasteiger partial charge in [0.1, 0.15) is 34.7 Å². The van der Waals surface area contributed by atoms with Crippen LogP contribution < -0.4 is 0 Å². The zero-order chi connectivity index (χ0) is 27.0. The number of halogens is 3. The van der Waals surface area contributed by atoms with Gasteiger partial charge in [-0.1, -0.05) is 114 Å². The Labute approximate surface area is 246 Å². The van der Waals surface area contributed by atoms with Crippen molar-refractivity contribution in [1.29, 1.82) is 0 Å². The Hall–Kier alpha value is -2.36. The highest BCUT2D eigenvalue weighted by molar-refractivity contribution is 9.10. The molecule has 1 saturated heterocycles. The van der Waals surface area contributed by atoms with E-state index in [9.17, 15) is 0 Å². The average Bonchev–Trinajstić information content (AvgIpc) is 3.31. The summed E-state index contributed by atoms with van der Waals surface area (Å²) in [5, 5.41) is 0.317. The number of nitrogens with zero attached hydrogens (tertiary/aromatic N) is 2. The molecular weight excluding hydrogens is 603 g/mol. The van der Waals surface area contributed by atoms with Crippen molar-refractivity contribution in [2.45, 2.75) is 44.2 Å². The molecule has 1 fully saturated rings. The predicted molar refractivity (Wildman–Crippen MR) is 154 cm³/mol. The molecule has 6 nitrogen and oxygen atoms in total.